The van der Waals surface area contributed by atoms with Crippen molar-refractivity contribution < 1.29 is 14.7 Å². The lowest BCUT2D eigenvalue weighted by atomic mass is 10.1. The van der Waals surface area contributed by atoms with Gasteiger partial charge in [0.15, 0.2) is 5.78 Å². The maximum absolute atomic E-state index is 11.7. The number of nitrogens with zero attached hydrogens (tertiary/aromatic N) is 2. The highest BCUT2D eigenvalue weighted by Crippen LogP contribution is 2.11. The number of ketones is 1. The van der Waals surface area contributed by atoms with Crippen molar-refractivity contribution in [3.05, 3.63) is 48.5 Å². The molecule has 2 aromatic rings. The molecule has 0 aliphatic heterocycles. The predicted molar refractivity (Wildman–Crippen MR) is 64.8 cm³/mol. The first kappa shape index (κ1) is 12.0. The normalized spacial score (nSPS) is 10.2. The summed E-state index contributed by atoms with van der Waals surface area (Å²) in [5, 5.41) is 8.52. The van der Waals surface area contributed by atoms with Crippen molar-refractivity contribution in [3.63, 3.8) is 0 Å². The van der Waals surface area contributed by atoms with Crippen molar-refractivity contribution >= 4 is 11.8 Å². The minimum Gasteiger partial charge on any atom is -0.481 e. The number of carboxylic acid groups (broad SMARTS) is 1. The molecule has 0 aliphatic rings. The molecule has 1 N–H and O–H groups in total. The maximum atomic E-state index is 11.7. The lowest BCUT2D eigenvalue weighted by Crippen LogP contribution is -2.04. The second-order valence-corrected chi connectivity index (χ2v) is 3.83. The van der Waals surface area contributed by atoms with E-state index in [9.17, 15) is 9.59 Å². The summed E-state index contributed by atoms with van der Waals surface area (Å²) in [4.78, 5) is 26.0. The highest BCUT2D eigenvalue weighted by molar-refractivity contribution is 5.97. The number of Topliss-reactive ketones (excluding diaryl/α,β-unsaturated/α-hetero) is 1. The second-order valence-electron chi connectivity index (χ2n) is 3.83. The summed E-state index contributed by atoms with van der Waals surface area (Å²) in [5.41, 5.74) is 1.43. The van der Waals surface area contributed by atoms with Crippen molar-refractivity contribution in [3.8, 4) is 5.69 Å². The minimum absolute atomic E-state index is 0.0275. The van der Waals surface area contributed by atoms with Crippen LogP contribution in [-0.4, -0.2) is 26.4 Å². The van der Waals surface area contributed by atoms with E-state index < -0.39 is 5.97 Å². The molecule has 0 amide bonds. The van der Waals surface area contributed by atoms with Gasteiger partial charge in [-0.3, -0.25) is 9.59 Å². The van der Waals surface area contributed by atoms with Crippen molar-refractivity contribution in [2.45, 2.75) is 12.8 Å². The molecule has 0 bridgehead atoms. The van der Waals surface area contributed by atoms with E-state index in [0.29, 0.717) is 5.56 Å². The van der Waals surface area contributed by atoms with Crippen LogP contribution in [0.1, 0.15) is 23.2 Å². The third-order valence-electron chi connectivity index (χ3n) is 2.56. The van der Waals surface area contributed by atoms with Crippen LogP contribution < -0.4 is 0 Å². The van der Waals surface area contributed by atoms with Gasteiger partial charge < -0.3 is 9.67 Å². The summed E-state index contributed by atoms with van der Waals surface area (Å²) >= 11 is 0. The van der Waals surface area contributed by atoms with Crippen LogP contribution in [0.3, 0.4) is 0 Å². The quantitative estimate of drug-likeness (QED) is 0.815. The number of aromatic nitrogens is 2. The molecule has 0 unspecified atom stereocenters. The highest BCUT2D eigenvalue weighted by atomic mass is 16.4. The zero-order chi connectivity index (χ0) is 13.0. The van der Waals surface area contributed by atoms with Gasteiger partial charge in [-0.1, -0.05) is 0 Å². The summed E-state index contributed by atoms with van der Waals surface area (Å²) in [6.45, 7) is 0. The molecule has 1 aromatic carbocycles. The molecule has 0 saturated carbocycles. The molecule has 0 aliphatic carbocycles. The Bertz CT molecular complexity index is 544. The molecule has 0 spiro atoms. The summed E-state index contributed by atoms with van der Waals surface area (Å²) < 4.78 is 1.82. The zero-order valence-corrected chi connectivity index (χ0v) is 9.61. The fourth-order valence-corrected chi connectivity index (χ4v) is 1.60. The summed E-state index contributed by atoms with van der Waals surface area (Å²) in [6.07, 6.45) is 5.04. The molecule has 18 heavy (non-hydrogen) atoms. The molecule has 5 heteroatoms. The fourth-order valence-electron chi connectivity index (χ4n) is 1.60. The van der Waals surface area contributed by atoms with Gasteiger partial charge in [-0.2, -0.15) is 0 Å². The number of carboxylic acids is 1. The highest BCUT2D eigenvalue weighted by Gasteiger charge is 2.08. The third-order valence-corrected chi connectivity index (χ3v) is 2.56. The summed E-state index contributed by atoms with van der Waals surface area (Å²) in [7, 11) is 0. The molecule has 0 atom stereocenters. The predicted octanol–water partition coefficient (Wildman–Crippen LogP) is 1.92. The smallest absolute Gasteiger partial charge is 0.303 e. The Labute approximate surface area is 104 Å². The Hall–Kier alpha value is -2.43. The van der Waals surface area contributed by atoms with Crippen LogP contribution in [0.15, 0.2) is 43.0 Å². The molecule has 2 rings (SSSR count). The van der Waals surface area contributed by atoms with Gasteiger partial charge in [0.1, 0.15) is 0 Å². The van der Waals surface area contributed by atoms with Crippen LogP contribution in [0, 0.1) is 0 Å². The lowest BCUT2D eigenvalue weighted by Gasteiger charge is -2.03. The number of imidazole rings is 1. The molecular weight excluding hydrogens is 232 g/mol. The van der Waals surface area contributed by atoms with Gasteiger partial charge in [-0.15, -0.1) is 0 Å². The zero-order valence-electron chi connectivity index (χ0n) is 9.61. The largest absolute Gasteiger partial charge is 0.481 e. The fraction of sp³-hybridized carbons (Fsp3) is 0.154. The van der Waals surface area contributed by atoms with Crippen LogP contribution in [0.4, 0.5) is 0 Å². The van der Waals surface area contributed by atoms with Gasteiger partial charge >= 0.3 is 5.97 Å². The number of hydrogen-bond acceptors (Lipinski definition) is 3. The van der Waals surface area contributed by atoms with Gasteiger partial charge in [-0.25, -0.2) is 4.98 Å². The number of rotatable bonds is 5. The Morgan fingerprint density at radius 1 is 1.17 bits per heavy atom. The Balaban J connectivity index is 2.08. The van der Waals surface area contributed by atoms with Crippen LogP contribution in [0.2, 0.25) is 0 Å². The van der Waals surface area contributed by atoms with Gasteiger partial charge in [-0.05, 0) is 24.3 Å². The van der Waals surface area contributed by atoms with Gasteiger partial charge in [0.05, 0.1) is 12.7 Å². The first-order chi connectivity index (χ1) is 8.66. The molecule has 1 aromatic heterocycles. The minimum atomic E-state index is -0.960. The van der Waals surface area contributed by atoms with Gasteiger partial charge in [0.25, 0.3) is 0 Å². The van der Waals surface area contributed by atoms with Crippen molar-refractivity contribution in [2.75, 3.05) is 0 Å². The van der Waals surface area contributed by atoms with Crippen molar-refractivity contribution in [1.82, 2.24) is 9.55 Å². The molecule has 0 radical (unpaired) electrons. The van der Waals surface area contributed by atoms with Crippen LogP contribution in [-0.2, 0) is 4.79 Å². The topological polar surface area (TPSA) is 72.2 Å². The lowest BCUT2D eigenvalue weighted by molar-refractivity contribution is -0.136. The number of benzene rings is 1. The van der Waals surface area contributed by atoms with Gasteiger partial charge in [0, 0.05) is 30.1 Å². The molecular formula is C13H12N2O3. The average Bonchev–Trinajstić information content (AvgIpc) is 2.90. The number of carbonyl (C=O) groups excluding carboxylic acids is 1. The van der Waals surface area contributed by atoms with Gasteiger partial charge in [0.2, 0.25) is 0 Å². The number of hydrogen-bond donors (Lipinski definition) is 1. The van der Waals surface area contributed by atoms with E-state index in [4.69, 9.17) is 5.11 Å². The maximum Gasteiger partial charge on any atom is 0.303 e. The summed E-state index contributed by atoms with van der Waals surface area (Å²) in [6, 6.07) is 6.99. The standard InChI is InChI=1S/C13H12N2O3/c16-12(5-6-13(17)18)10-1-3-11(4-2-10)15-8-7-14-9-15/h1-4,7-9H,5-6H2,(H,17,18). The first-order valence-electron chi connectivity index (χ1n) is 5.50. The molecule has 0 saturated heterocycles. The number of aliphatic carboxylic acids is 1. The van der Waals surface area contributed by atoms with E-state index >= 15 is 0 Å². The van der Waals surface area contributed by atoms with Crippen LogP contribution >= 0.6 is 0 Å². The third kappa shape index (κ3) is 2.82. The SMILES string of the molecule is O=C(O)CCC(=O)c1ccc(-n2ccnc2)cc1. The molecule has 5 nitrogen and oxygen atoms in total. The molecule has 92 valence electrons. The van der Waals surface area contributed by atoms with E-state index in [1.165, 1.54) is 0 Å². The van der Waals surface area contributed by atoms with Crippen molar-refractivity contribution in [1.29, 1.82) is 0 Å². The Kier molecular flexibility index (Phi) is 3.52. The van der Waals surface area contributed by atoms with E-state index in [1.807, 2.05) is 4.57 Å². The average molecular weight is 244 g/mol. The van der Waals surface area contributed by atoms with E-state index in [2.05, 4.69) is 4.98 Å². The Morgan fingerprint density at radius 3 is 2.44 bits per heavy atom. The Morgan fingerprint density at radius 2 is 1.89 bits per heavy atom. The first-order valence-corrected chi connectivity index (χ1v) is 5.50. The van der Waals surface area contributed by atoms with Crippen LogP contribution in [0.25, 0.3) is 5.69 Å². The van der Waals surface area contributed by atoms with E-state index in [1.54, 1.807) is 43.0 Å². The monoisotopic (exact) mass is 244 g/mol. The van der Waals surface area contributed by atoms with Crippen LogP contribution in [0.5, 0.6) is 0 Å². The van der Waals surface area contributed by atoms with E-state index in [0.717, 1.165) is 5.69 Å². The molecule has 1 heterocycles. The second kappa shape index (κ2) is 5.27. The number of carbonyl (C=O) groups is 2. The summed E-state index contributed by atoms with van der Waals surface area (Å²) in [5.74, 6) is -1.12. The van der Waals surface area contributed by atoms with E-state index in [-0.39, 0.29) is 18.6 Å². The molecule has 0 fully saturated rings. The van der Waals surface area contributed by atoms with Crippen molar-refractivity contribution in [2.24, 2.45) is 0 Å².